The quantitative estimate of drug-likeness (QED) is 0.692. The smallest absolute Gasteiger partial charge is 0.309 e. The number of rotatable bonds is 3. The molecule has 1 saturated carbocycles. The van der Waals surface area contributed by atoms with E-state index in [2.05, 4.69) is 27.7 Å². The van der Waals surface area contributed by atoms with Crippen molar-refractivity contribution >= 4 is 5.97 Å². The summed E-state index contributed by atoms with van der Waals surface area (Å²) in [5, 5.41) is 0. The predicted octanol–water partition coefficient (Wildman–Crippen LogP) is 4.18. The third-order valence-electron chi connectivity index (χ3n) is 5.05. The fourth-order valence-corrected chi connectivity index (χ4v) is 2.76. The van der Waals surface area contributed by atoms with Crippen molar-refractivity contribution in [3.63, 3.8) is 0 Å². The summed E-state index contributed by atoms with van der Waals surface area (Å²) >= 11 is 0. The third-order valence-corrected chi connectivity index (χ3v) is 5.05. The van der Waals surface area contributed by atoms with Crippen LogP contribution in [0, 0.1) is 17.3 Å². The van der Waals surface area contributed by atoms with Gasteiger partial charge in [-0.1, -0.05) is 41.0 Å². The molecule has 0 aromatic rings. The van der Waals surface area contributed by atoms with Gasteiger partial charge in [0, 0.05) is 5.41 Å². The molecule has 0 N–H and O–H groups in total. The Hall–Kier alpha value is -0.530. The zero-order chi connectivity index (χ0) is 13.3. The molecule has 0 saturated heterocycles. The Morgan fingerprint density at radius 2 is 2.00 bits per heavy atom. The van der Waals surface area contributed by atoms with Crippen LogP contribution in [0.1, 0.15) is 67.2 Å². The van der Waals surface area contributed by atoms with E-state index in [9.17, 15) is 4.79 Å². The van der Waals surface area contributed by atoms with E-state index in [1.807, 2.05) is 13.8 Å². The van der Waals surface area contributed by atoms with Crippen molar-refractivity contribution in [2.24, 2.45) is 17.3 Å². The molecule has 1 aliphatic carbocycles. The highest BCUT2D eigenvalue weighted by Gasteiger charge is 2.50. The fourth-order valence-electron chi connectivity index (χ4n) is 2.76. The molecule has 0 radical (unpaired) electrons. The Balaban J connectivity index is 2.86. The largest absolute Gasteiger partial charge is 0.458 e. The number of hydrogen-bond acceptors (Lipinski definition) is 2. The lowest BCUT2D eigenvalue weighted by atomic mass is 9.61. The van der Waals surface area contributed by atoms with Crippen molar-refractivity contribution in [2.75, 3.05) is 0 Å². The van der Waals surface area contributed by atoms with Crippen LogP contribution in [0.5, 0.6) is 0 Å². The van der Waals surface area contributed by atoms with Gasteiger partial charge in [0.15, 0.2) is 0 Å². The molecule has 100 valence electrons. The molecule has 0 spiro atoms. The standard InChI is InChI=1S/C15H28O2/c1-7-11(2)13(16)17-15(6)12(3)9-8-10-14(15,4)5/h11-12H,7-10H2,1-6H3. The summed E-state index contributed by atoms with van der Waals surface area (Å²) in [6, 6.07) is 0. The second-order valence-corrected chi connectivity index (χ2v) is 6.51. The van der Waals surface area contributed by atoms with E-state index in [1.54, 1.807) is 0 Å². The average molecular weight is 240 g/mol. The summed E-state index contributed by atoms with van der Waals surface area (Å²) in [5.41, 5.74) is -0.237. The van der Waals surface area contributed by atoms with Crippen LogP contribution in [0.2, 0.25) is 0 Å². The number of carbonyl (C=O) groups excluding carboxylic acids is 1. The number of carbonyl (C=O) groups is 1. The first kappa shape index (κ1) is 14.5. The van der Waals surface area contributed by atoms with Gasteiger partial charge in [-0.3, -0.25) is 4.79 Å². The molecule has 3 atom stereocenters. The van der Waals surface area contributed by atoms with Crippen molar-refractivity contribution in [2.45, 2.75) is 72.8 Å². The van der Waals surface area contributed by atoms with Crippen LogP contribution in [-0.2, 0) is 9.53 Å². The van der Waals surface area contributed by atoms with E-state index in [1.165, 1.54) is 6.42 Å². The van der Waals surface area contributed by atoms with E-state index in [-0.39, 0.29) is 22.9 Å². The lowest BCUT2D eigenvalue weighted by Gasteiger charge is -2.51. The summed E-state index contributed by atoms with van der Waals surface area (Å²) in [4.78, 5) is 12.1. The zero-order valence-electron chi connectivity index (χ0n) is 12.3. The summed E-state index contributed by atoms with van der Waals surface area (Å²) in [6.07, 6.45) is 4.39. The van der Waals surface area contributed by atoms with Gasteiger partial charge in [0.25, 0.3) is 0 Å². The highest BCUT2D eigenvalue weighted by molar-refractivity contribution is 5.72. The highest BCUT2D eigenvalue weighted by Crippen LogP contribution is 2.49. The normalized spacial score (nSPS) is 34.1. The first-order valence-electron chi connectivity index (χ1n) is 6.97. The molecular formula is C15H28O2. The van der Waals surface area contributed by atoms with Gasteiger partial charge in [-0.25, -0.2) is 0 Å². The Kier molecular flexibility index (Phi) is 4.27. The molecule has 3 unspecified atom stereocenters. The van der Waals surface area contributed by atoms with E-state index < -0.39 is 0 Å². The summed E-state index contributed by atoms with van der Waals surface area (Å²) < 4.78 is 5.92. The Bertz CT molecular complexity index is 283. The van der Waals surface area contributed by atoms with E-state index in [0.717, 1.165) is 19.3 Å². The van der Waals surface area contributed by atoms with E-state index >= 15 is 0 Å². The summed E-state index contributed by atoms with van der Waals surface area (Å²) in [5.74, 6) is 0.424. The Morgan fingerprint density at radius 3 is 2.47 bits per heavy atom. The zero-order valence-corrected chi connectivity index (χ0v) is 12.3. The van der Waals surface area contributed by atoms with Crippen LogP contribution in [0.4, 0.5) is 0 Å². The maximum absolute atomic E-state index is 12.1. The van der Waals surface area contributed by atoms with Gasteiger partial charge in [0.1, 0.15) is 5.60 Å². The lowest BCUT2D eigenvalue weighted by molar-refractivity contribution is -0.193. The molecule has 0 heterocycles. The number of hydrogen-bond donors (Lipinski definition) is 0. The molecule has 1 rings (SSSR count). The van der Waals surface area contributed by atoms with Gasteiger partial charge < -0.3 is 4.74 Å². The molecule has 0 aromatic heterocycles. The van der Waals surface area contributed by atoms with Gasteiger partial charge in [-0.2, -0.15) is 0 Å². The number of esters is 1. The summed E-state index contributed by atoms with van der Waals surface area (Å²) in [6.45, 7) is 12.8. The van der Waals surface area contributed by atoms with Gasteiger partial charge in [0.2, 0.25) is 0 Å². The topological polar surface area (TPSA) is 26.3 Å². The number of ether oxygens (including phenoxy) is 1. The monoisotopic (exact) mass is 240 g/mol. The molecular weight excluding hydrogens is 212 g/mol. The molecule has 0 aromatic carbocycles. The van der Waals surface area contributed by atoms with Crippen molar-refractivity contribution < 1.29 is 9.53 Å². The van der Waals surface area contributed by atoms with Crippen LogP contribution >= 0.6 is 0 Å². The minimum Gasteiger partial charge on any atom is -0.458 e. The Morgan fingerprint density at radius 1 is 1.41 bits per heavy atom. The van der Waals surface area contributed by atoms with Crippen LogP contribution in [0.15, 0.2) is 0 Å². The Labute approximate surface area is 106 Å². The highest BCUT2D eigenvalue weighted by atomic mass is 16.6. The second kappa shape index (κ2) is 4.99. The third kappa shape index (κ3) is 2.66. The first-order valence-corrected chi connectivity index (χ1v) is 6.97. The minimum absolute atomic E-state index is 0.0109. The van der Waals surface area contributed by atoms with Crippen LogP contribution < -0.4 is 0 Å². The summed E-state index contributed by atoms with van der Waals surface area (Å²) in [7, 11) is 0. The van der Waals surface area contributed by atoms with Crippen LogP contribution in [0.3, 0.4) is 0 Å². The molecule has 0 bridgehead atoms. The second-order valence-electron chi connectivity index (χ2n) is 6.51. The maximum Gasteiger partial charge on any atom is 0.309 e. The molecule has 1 aliphatic rings. The first-order chi connectivity index (χ1) is 7.74. The van der Waals surface area contributed by atoms with Crippen LogP contribution in [0.25, 0.3) is 0 Å². The molecule has 0 amide bonds. The minimum atomic E-state index is -0.314. The van der Waals surface area contributed by atoms with Crippen molar-refractivity contribution in [3.05, 3.63) is 0 Å². The lowest BCUT2D eigenvalue weighted by Crippen LogP contribution is -2.53. The molecule has 0 aliphatic heterocycles. The van der Waals surface area contributed by atoms with Gasteiger partial charge >= 0.3 is 5.97 Å². The predicted molar refractivity (Wildman–Crippen MR) is 70.7 cm³/mol. The van der Waals surface area contributed by atoms with Crippen molar-refractivity contribution in [1.82, 2.24) is 0 Å². The maximum atomic E-state index is 12.1. The SMILES string of the molecule is CCC(C)C(=O)OC1(C)C(C)CCCC1(C)C. The van der Waals surface area contributed by atoms with Gasteiger partial charge in [-0.05, 0) is 32.1 Å². The van der Waals surface area contributed by atoms with Crippen molar-refractivity contribution in [1.29, 1.82) is 0 Å². The molecule has 1 fully saturated rings. The molecule has 2 nitrogen and oxygen atoms in total. The molecule has 17 heavy (non-hydrogen) atoms. The van der Waals surface area contributed by atoms with Crippen molar-refractivity contribution in [3.8, 4) is 0 Å². The van der Waals surface area contributed by atoms with E-state index in [4.69, 9.17) is 4.74 Å². The van der Waals surface area contributed by atoms with Crippen LogP contribution in [-0.4, -0.2) is 11.6 Å². The fraction of sp³-hybridized carbons (Fsp3) is 0.933. The van der Waals surface area contributed by atoms with E-state index in [0.29, 0.717) is 5.92 Å². The van der Waals surface area contributed by atoms with Gasteiger partial charge in [-0.15, -0.1) is 0 Å². The van der Waals surface area contributed by atoms with Gasteiger partial charge in [0.05, 0.1) is 5.92 Å². The average Bonchev–Trinajstić information content (AvgIpc) is 2.25. The molecule has 2 heteroatoms.